The second-order valence-electron chi connectivity index (χ2n) is 3.72. The van der Waals surface area contributed by atoms with E-state index in [1.807, 2.05) is 25.1 Å². The highest BCUT2D eigenvalue weighted by molar-refractivity contribution is 14.1. The predicted molar refractivity (Wildman–Crippen MR) is 76.7 cm³/mol. The molecule has 0 bridgehead atoms. The van der Waals surface area contributed by atoms with E-state index in [9.17, 15) is 9.59 Å². The third-order valence-corrected chi connectivity index (χ3v) is 3.03. The van der Waals surface area contributed by atoms with Crippen molar-refractivity contribution in [3.05, 3.63) is 55.5 Å². The summed E-state index contributed by atoms with van der Waals surface area (Å²) in [7, 11) is 0. The number of hydrogen-bond acceptors (Lipinski definition) is 3. The van der Waals surface area contributed by atoms with Gasteiger partial charge in [0.05, 0.1) is 0 Å². The van der Waals surface area contributed by atoms with Crippen molar-refractivity contribution in [3.8, 4) is 0 Å². The van der Waals surface area contributed by atoms with Crippen LogP contribution in [0.1, 0.15) is 16.1 Å². The van der Waals surface area contributed by atoms with E-state index in [2.05, 4.69) is 38.1 Å². The fourth-order valence-electron chi connectivity index (χ4n) is 1.39. The van der Waals surface area contributed by atoms with Gasteiger partial charge in [0.15, 0.2) is 0 Å². The molecule has 2 rings (SSSR count). The van der Waals surface area contributed by atoms with Crippen molar-refractivity contribution >= 4 is 34.2 Å². The molecule has 6 heteroatoms. The number of aromatic amines is 1. The highest BCUT2D eigenvalue weighted by atomic mass is 127. The Bertz CT molecular complexity index is 632. The summed E-state index contributed by atoms with van der Waals surface area (Å²) in [5.41, 5.74) is 1.54. The van der Waals surface area contributed by atoms with E-state index in [1.54, 1.807) is 0 Å². The molecule has 2 N–H and O–H groups in total. The molecule has 1 amide bonds. The normalized spacial score (nSPS) is 10.1. The molecule has 1 aromatic heterocycles. The lowest BCUT2D eigenvalue weighted by atomic mass is 10.2. The Morgan fingerprint density at radius 2 is 2.11 bits per heavy atom. The number of carbonyl (C=O) groups is 1. The van der Waals surface area contributed by atoms with Gasteiger partial charge in [-0.1, -0.05) is 6.07 Å². The average Bonchev–Trinajstić information content (AvgIpc) is 2.34. The summed E-state index contributed by atoms with van der Waals surface area (Å²) in [6.07, 6.45) is 0. The maximum absolute atomic E-state index is 11.9. The second-order valence-corrected chi connectivity index (χ2v) is 4.97. The lowest BCUT2D eigenvalue weighted by molar-refractivity contribution is 0.102. The molecule has 0 unspecified atom stereocenters. The van der Waals surface area contributed by atoms with E-state index >= 15 is 0 Å². The van der Waals surface area contributed by atoms with Crippen molar-refractivity contribution in [2.24, 2.45) is 0 Å². The fourth-order valence-corrected chi connectivity index (χ4v) is 1.88. The Morgan fingerprint density at radius 3 is 2.78 bits per heavy atom. The smallest absolute Gasteiger partial charge is 0.276 e. The largest absolute Gasteiger partial charge is 0.320 e. The number of aryl methyl sites for hydroxylation is 1. The highest BCUT2D eigenvalue weighted by Gasteiger charge is 2.09. The van der Waals surface area contributed by atoms with Crippen molar-refractivity contribution in [3.63, 3.8) is 0 Å². The lowest BCUT2D eigenvalue weighted by Crippen LogP contribution is -2.18. The summed E-state index contributed by atoms with van der Waals surface area (Å²) in [6.45, 7) is 1.91. The Hall–Kier alpha value is -1.70. The minimum Gasteiger partial charge on any atom is -0.320 e. The Morgan fingerprint density at radius 1 is 1.33 bits per heavy atom. The zero-order chi connectivity index (χ0) is 13.1. The number of anilines is 1. The summed E-state index contributed by atoms with van der Waals surface area (Å²) in [5, 5.41) is 8.66. The van der Waals surface area contributed by atoms with Gasteiger partial charge in [0.25, 0.3) is 11.5 Å². The average molecular weight is 355 g/mol. The molecule has 0 aliphatic heterocycles. The zero-order valence-electron chi connectivity index (χ0n) is 9.53. The van der Waals surface area contributed by atoms with Crippen LogP contribution < -0.4 is 10.9 Å². The number of H-pyrrole nitrogens is 1. The SMILES string of the molecule is Cc1ccc(I)cc1NC(=O)c1ccc(=O)[nH]n1. The van der Waals surface area contributed by atoms with E-state index in [1.165, 1.54) is 12.1 Å². The van der Waals surface area contributed by atoms with Gasteiger partial charge in [0.2, 0.25) is 0 Å². The Balaban J connectivity index is 2.23. The standard InChI is InChI=1S/C12H10IN3O2/c1-7-2-3-8(13)6-10(7)14-12(18)9-4-5-11(17)16-15-9/h2-6H,1H3,(H,14,18)(H,16,17). The van der Waals surface area contributed by atoms with Crippen LogP contribution in [-0.2, 0) is 0 Å². The highest BCUT2D eigenvalue weighted by Crippen LogP contribution is 2.18. The molecule has 2 aromatic rings. The van der Waals surface area contributed by atoms with Gasteiger partial charge in [-0.3, -0.25) is 9.59 Å². The number of benzene rings is 1. The molecule has 18 heavy (non-hydrogen) atoms. The number of aromatic nitrogens is 2. The number of nitrogens with one attached hydrogen (secondary N) is 2. The van der Waals surface area contributed by atoms with Crippen LogP contribution in [0.3, 0.4) is 0 Å². The molecule has 0 aliphatic carbocycles. The molecule has 0 atom stereocenters. The molecule has 1 aromatic carbocycles. The quantitative estimate of drug-likeness (QED) is 0.809. The molecule has 1 heterocycles. The minimum absolute atomic E-state index is 0.174. The van der Waals surface area contributed by atoms with Gasteiger partial charge >= 0.3 is 0 Å². The van der Waals surface area contributed by atoms with E-state index in [0.717, 1.165) is 14.8 Å². The first-order valence-corrected chi connectivity index (χ1v) is 6.27. The van der Waals surface area contributed by atoms with Gasteiger partial charge in [0, 0.05) is 15.3 Å². The number of rotatable bonds is 2. The van der Waals surface area contributed by atoms with Crippen LogP contribution in [0.5, 0.6) is 0 Å². The number of amides is 1. The summed E-state index contributed by atoms with van der Waals surface area (Å²) >= 11 is 2.17. The second kappa shape index (κ2) is 5.30. The number of halogens is 1. The van der Waals surface area contributed by atoms with Crippen LogP contribution in [0, 0.1) is 10.5 Å². The summed E-state index contributed by atoms with van der Waals surface area (Å²) < 4.78 is 1.03. The van der Waals surface area contributed by atoms with Crippen molar-refractivity contribution < 1.29 is 4.79 Å². The van der Waals surface area contributed by atoms with Crippen LogP contribution in [0.25, 0.3) is 0 Å². The van der Waals surface area contributed by atoms with E-state index in [0.29, 0.717) is 0 Å². The molecule has 0 spiro atoms. The van der Waals surface area contributed by atoms with E-state index < -0.39 is 0 Å². The number of hydrogen-bond donors (Lipinski definition) is 2. The van der Waals surface area contributed by atoms with Gasteiger partial charge in [0.1, 0.15) is 5.69 Å². The molecule has 92 valence electrons. The maximum atomic E-state index is 11.9. The Labute approximate surface area is 117 Å². The summed E-state index contributed by atoms with van der Waals surface area (Å²) in [5.74, 6) is -0.351. The van der Waals surface area contributed by atoms with Crippen LogP contribution in [0.4, 0.5) is 5.69 Å². The molecule has 0 saturated carbocycles. The van der Waals surface area contributed by atoms with Gasteiger partial charge in [-0.05, 0) is 53.3 Å². The van der Waals surface area contributed by atoms with Crippen LogP contribution >= 0.6 is 22.6 Å². The molecular formula is C12H10IN3O2. The summed E-state index contributed by atoms with van der Waals surface area (Å²) in [4.78, 5) is 22.7. The van der Waals surface area contributed by atoms with Gasteiger partial charge in [-0.15, -0.1) is 0 Å². The molecule has 0 saturated heterocycles. The van der Waals surface area contributed by atoms with Crippen LogP contribution in [0.15, 0.2) is 35.1 Å². The first kappa shape index (κ1) is 12.7. The van der Waals surface area contributed by atoms with Crippen LogP contribution in [0.2, 0.25) is 0 Å². The van der Waals surface area contributed by atoms with Crippen molar-refractivity contribution in [2.75, 3.05) is 5.32 Å². The lowest BCUT2D eigenvalue weighted by Gasteiger charge is -2.08. The number of nitrogens with zero attached hydrogens (tertiary/aromatic N) is 1. The molecule has 5 nitrogen and oxygen atoms in total. The van der Waals surface area contributed by atoms with E-state index in [-0.39, 0.29) is 17.2 Å². The maximum Gasteiger partial charge on any atom is 0.276 e. The topological polar surface area (TPSA) is 74.8 Å². The van der Waals surface area contributed by atoms with E-state index in [4.69, 9.17) is 0 Å². The molecule has 0 fully saturated rings. The van der Waals surface area contributed by atoms with Crippen LogP contribution in [-0.4, -0.2) is 16.1 Å². The monoisotopic (exact) mass is 355 g/mol. The first-order valence-electron chi connectivity index (χ1n) is 5.19. The van der Waals surface area contributed by atoms with Gasteiger partial charge < -0.3 is 5.32 Å². The number of carbonyl (C=O) groups excluding carboxylic acids is 1. The third kappa shape index (κ3) is 2.95. The zero-order valence-corrected chi connectivity index (χ0v) is 11.7. The van der Waals surface area contributed by atoms with Crippen molar-refractivity contribution in [1.29, 1.82) is 0 Å². The predicted octanol–water partition coefficient (Wildman–Crippen LogP) is 1.94. The molecular weight excluding hydrogens is 345 g/mol. The Kier molecular flexibility index (Phi) is 3.75. The molecule has 0 radical (unpaired) electrons. The third-order valence-electron chi connectivity index (χ3n) is 2.36. The van der Waals surface area contributed by atoms with Crippen molar-refractivity contribution in [1.82, 2.24) is 10.2 Å². The summed E-state index contributed by atoms with van der Waals surface area (Å²) in [6, 6.07) is 8.42. The van der Waals surface area contributed by atoms with Crippen molar-refractivity contribution in [2.45, 2.75) is 6.92 Å². The first-order chi connectivity index (χ1) is 8.56. The molecule has 0 aliphatic rings. The minimum atomic E-state index is -0.351. The van der Waals surface area contributed by atoms with Gasteiger partial charge in [-0.2, -0.15) is 5.10 Å². The fraction of sp³-hybridized carbons (Fsp3) is 0.0833. The van der Waals surface area contributed by atoms with Gasteiger partial charge in [-0.25, -0.2) is 5.10 Å².